The maximum atomic E-state index is 13.5. The van der Waals surface area contributed by atoms with Gasteiger partial charge in [-0.15, -0.1) is 11.3 Å². The minimum Gasteiger partial charge on any atom is -0.377 e. The molecule has 0 aliphatic carbocycles. The van der Waals surface area contributed by atoms with E-state index >= 15 is 0 Å². The summed E-state index contributed by atoms with van der Waals surface area (Å²) in [5.74, 6) is 0.372. The average Bonchev–Trinajstić information content (AvgIpc) is 3.30. The Labute approximate surface area is 207 Å². The van der Waals surface area contributed by atoms with Gasteiger partial charge >= 0.3 is 0 Å². The van der Waals surface area contributed by atoms with Crippen molar-refractivity contribution in [3.8, 4) is 0 Å². The Morgan fingerprint density at radius 3 is 2.32 bits per heavy atom. The first-order chi connectivity index (χ1) is 16.2. The van der Waals surface area contributed by atoms with Crippen molar-refractivity contribution in [3.05, 3.63) is 82.0 Å². The molecule has 0 unspecified atom stereocenters. The normalized spacial score (nSPS) is 11.8. The summed E-state index contributed by atoms with van der Waals surface area (Å²) >= 11 is 1.60. The number of benzene rings is 2. The Morgan fingerprint density at radius 2 is 1.71 bits per heavy atom. The highest BCUT2D eigenvalue weighted by atomic mass is 32.1. The van der Waals surface area contributed by atoms with Gasteiger partial charge in [0.15, 0.2) is 0 Å². The number of nitrogens with one attached hydrogen (secondary N) is 1. The highest BCUT2D eigenvalue weighted by Crippen LogP contribution is 2.29. The van der Waals surface area contributed by atoms with E-state index in [-0.39, 0.29) is 23.8 Å². The van der Waals surface area contributed by atoms with Crippen molar-refractivity contribution in [2.45, 2.75) is 46.2 Å². The van der Waals surface area contributed by atoms with Gasteiger partial charge in [0.1, 0.15) is 0 Å². The fourth-order valence-electron chi connectivity index (χ4n) is 4.01. The van der Waals surface area contributed by atoms with Crippen LogP contribution in [0.2, 0.25) is 0 Å². The lowest BCUT2D eigenvalue weighted by Crippen LogP contribution is -2.34. The number of anilines is 2. The van der Waals surface area contributed by atoms with E-state index < -0.39 is 0 Å². The highest BCUT2D eigenvalue weighted by Gasteiger charge is 2.24. The summed E-state index contributed by atoms with van der Waals surface area (Å²) in [5.41, 5.74) is 3.87. The lowest BCUT2D eigenvalue weighted by Gasteiger charge is -2.31. The van der Waals surface area contributed by atoms with Crippen LogP contribution < -0.4 is 10.2 Å². The minimum atomic E-state index is -0.0946. The molecule has 0 saturated heterocycles. The first kappa shape index (κ1) is 25.5. The number of thiophene rings is 1. The molecule has 1 atom stereocenters. The number of amides is 2. The largest absolute Gasteiger partial charge is 0.377 e. The molecule has 0 fully saturated rings. The second kappa shape index (κ2) is 11.8. The van der Waals surface area contributed by atoms with E-state index in [2.05, 4.69) is 24.4 Å². The van der Waals surface area contributed by atoms with Crippen molar-refractivity contribution < 1.29 is 9.59 Å². The van der Waals surface area contributed by atoms with Crippen LogP contribution in [-0.4, -0.2) is 30.8 Å². The Kier molecular flexibility index (Phi) is 8.88. The topological polar surface area (TPSA) is 52.7 Å². The minimum absolute atomic E-state index is 0.00170. The monoisotopic (exact) mass is 477 g/mol. The van der Waals surface area contributed by atoms with Crippen LogP contribution in [0, 0.1) is 5.92 Å². The molecule has 0 bridgehead atoms. The summed E-state index contributed by atoms with van der Waals surface area (Å²) in [5, 5.41) is 5.02. The molecule has 5 nitrogen and oxygen atoms in total. The summed E-state index contributed by atoms with van der Waals surface area (Å²) in [6, 6.07) is 19.9. The predicted molar refractivity (Wildman–Crippen MR) is 142 cm³/mol. The molecule has 0 radical (unpaired) electrons. The molecule has 34 heavy (non-hydrogen) atoms. The number of hydrogen-bond acceptors (Lipinski definition) is 4. The van der Waals surface area contributed by atoms with Gasteiger partial charge in [-0.25, -0.2) is 0 Å². The van der Waals surface area contributed by atoms with Crippen molar-refractivity contribution in [3.63, 3.8) is 0 Å². The van der Waals surface area contributed by atoms with Gasteiger partial charge in [-0.3, -0.25) is 9.59 Å². The molecular formula is C28H35N3O2S. The molecule has 1 heterocycles. The standard InChI is InChI=1S/C28H35N3O2S/c1-20(2)16-27(32)29-24-13-14-26(30(4)5)23(17-24)19-31(21(3)22-10-7-6-8-11-22)28(33)18-25-12-9-15-34-25/h6-15,17,20-21H,16,18-19H2,1-5H3,(H,29,32)/t21-/m1/s1. The third-order valence-corrected chi connectivity index (χ3v) is 6.63. The molecule has 0 aliphatic rings. The fraction of sp³-hybridized carbons (Fsp3) is 0.357. The molecule has 2 aromatic carbocycles. The number of carbonyl (C=O) groups is 2. The van der Waals surface area contributed by atoms with Crippen molar-refractivity contribution in [2.24, 2.45) is 5.92 Å². The second-order valence-corrected chi connectivity index (χ2v) is 10.3. The van der Waals surface area contributed by atoms with Gasteiger partial charge in [-0.1, -0.05) is 50.2 Å². The Hall–Kier alpha value is -3.12. The lowest BCUT2D eigenvalue weighted by atomic mass is 10.0. The maximum absolute atomic E-state index is 13.5. The number of carbonyl (C=O) groups excluding carboxylic acids is 2. The molecule has 0 saturated carbocycles. The molecule has 3 aromatic rings. The van der Waals surface area contributed by atoms with Gasteiger partial charge in [0.05, 0.1) is 12.5 Å². The molecule has 6 heteroatoms. The van der Waals surface area contributed by atoms with Gasteiger partial charge in [0.25, 0.3) is 0 Å². The van der Waals surface area contributed by atoms with Crippen molar-refractivity contribution in [2.75, 3.05) is 24.3 Å². The molecule has 180 valence electrons. The zero-order valence-corrected chi connectivity index (χ0v) is 21.6. The molecule has 3 rings (SSSR count). The first-order valence-corrected chi connectivity index (χ1v) is 12.6. The molecular weight excluding hydrogens is 442 g/mol. The van der Waals surface area contributed by atoms with E-state index in [1.54, 1.807) is 11.3 Å². The van der Waals surface area contributed by atoms with Crippen molar-refractivity contribution >= 4 is 34.5 Å². The highest BCUT2D eigenvalue weighted by molar-refractivity contribution is 7.10. The number of nitrogens with zero attached hydrogens (tertiary/aromatic N) is 2. The van der Waals surface area contributed by atoms with Gasteiger partial charge < -0.3 is 15.1 Å². The van der Waals surface area contributed by atoms with Gasteiger partial charge in [-0.2, -0.15) is 0 Å². The van der Waals surface area contributed by atoms with Gasteiger partial charge in [0, 0.05) is 43.3 Å². The average molecular weight is 478 g/mol. The van der Waals surface area contributed by atoms with E-state index in [1.807, 2.05) is 91.7 Å². The molecule has 0 spiro atoms. The first-order valence-electron chi connectivity index (χ1n) is 11.7. The summed E-state index contributed by atoms with van der Waals surface area (Å²) in [6.45, 7) is 6.58. The van der Waals surface area contributed by atoms with Crippen LogP contribution in [0.15, 0.2) is 66.0 Å². The van der Waals surface area contributed by atoms with Gasteiger partial charge in [-0.05, 0) is 53.6 Å². The fourth-order valence-corrected chi connectivity index (χ4v) is 4.70. The number of hydrogen-bond donors (Lipinski definition) is 1. The van der Waals surface area contributed by atoms with Crippen LogP contribution in [0.1, 0.15) is 49.2 Å². The van der Waals surface area contributed by atoms with Crippen LogP contribution >= 0.6 is 11.3 Å². The molecule has 1 aromatic heterocycles. The van der Waals surface area contributed by atoms with Crippen molar-refractivity contribution in [1.29, 1.82) is 0 Å². The third-order valence-electron chi connectivity index (χ3n) is 5.75. The zero-order valence-electron chi connectivity index (χ0n) is 20.7. The number of rotatable bonds is 10. The molecule has 1 N–H and O–H groups in total. The smallest absolute Gasteiger partial charge is 0.228 e. The van der Waals surface area contributed by atoms with Crippen molar-refractivity contribution in [1.82, 2.24) is 4.90 Å². The van der Waals surface area contributed by atoms with Gasteiger partial charge in [0.2, 0.25) is 11.8 Å². The van der Waals surface area contributed by atoms with Crippen LogP contribution in [0.3, 0.4) is 0 Å². The van der Waals surface area contributed by atoms with E-state index in [0.717, 1.165) is 27.4 Å². The summed E-state index contributed by atoms with van der Waals surface area (Å²) in [4.78, 5) is 31.0. The summed E-state index contributed by atoms with van der Waals surface area (Å²) in [6.07, 6.45) is 0.845. The van der Waals surface area contributed by atoms with Crippen LogP contribution in [0.4, 0.5) is 11.4 Å². The summed E-state index contributed by atoms with van der Waals surface area (Å²) in [7, 11) is 3.99. The maximum Gasteiger partial charge on any atom is 0.228 e. The third kappa shape index (κ3) is 6.94. The predicted octanol–water partition coefficient (Wildman–Crippen LogP) is 6.13. The van der Waals surface area contributed by atoms with Crippen LogP contribution in [-0.2, 0) is 22.6 Å². The second-order valence-electron chi connectivity index (χ2n) is 9.25. The Morgan fingerprint density at radius 1 is 0.971 bits per heavy atom. The van der Waals surface area contributed by atoms with E-state index in [1.165, 1.54) is 0 Å². The summed E-state index contributed by atoms with van der Waals surface area (Å²) < 4.78 is 0. The van der Waals surface area contributed by atoms with Crippen LogP contribution in [0.5, 0.6) is 0 Å². The zero-order chi connectivity index (χ0) is 24.7. The van der Waals surface area contributed by atoms with E-state index in [0.29, 0.717) is 19.4 Å². The SMILES string of the molecule is CC(C)CC(=O)Nc1ccc(N(C)C)c(CN(C(=O)Cc2cccs2)[C@H](C)c2ccccc2)c1. The van der Waals surface area contributed by atoms with Crippen LogP contribution in [0.25, 0.3) is 0 Å². The quantitative estimate of drug-likeness (QED) is 0.382. The lowest BCUT2D eigenvalue weighted by molar-refractivity contribution is -0.133. The van der Waals surface area contributed by atoms with E-state index in [4.69, 9.17) is 0 Å². The van der Waals surface area contributed by atoms with E-state index in [9.17, 15) is 9.59 Å². The Balaban J connectivity index is 1.93. The Bertz CT molecular complexity index is 1080. The molecule has 2 amide bonds. The molecule has 0 aliphatic heterocycles.